The summed E-state index contributed by atoms with van der Waals surface area (Å²) in [6, 6.07) is 1.58. The molecule has 0 aliphatic carbocycles. The van der Waals surface area contributed by atoms with Gasteiger partial charge in [-0.15, -0.1) is 0 Å². The molecule has 5 heteroatoms. The standard InChI is InChI=1S/C9H12ClNO2S/c1-11(4-6-14-2)9(12)7-3-5-13-8(7)10/h3,5H,4,6H2,1-2H3. The number of carbonyl (C=O) groups excluding carboxylic acids is 1. The molecule has 0 atom stereocenters. The topological polar surface area (TPSA) is 33.5 Å². The van der Waals surface area contributed by atoms with Crippen molar-refractivity contribution < 1.29 is 9.21 Å². The van der Waals surface area contributed by atoms with E-state index in [2.05, 4.69) is 0 Å². The number of rotatable bonds is 4. The molecule has 0 aromatic carbocycles. The van der Waals surface area contributed by atoms with E-state index >= 15 is 0 Å². The summed E-state index contributed by atoms with van der Waals surface area (Å²) in [6.45, 7) is 0.710. The van der Waals surface area contributed by atoms with E-state index in [1.54, 1.807) is 29.8 Å². The molecule has 14 heavy (non-hydrogen) atoms. The number of furan rings is 1. The van der Waals surface area contributed by atoms with Crippen molar-refractivity contribution in [2.45, 2.75) is 0 Å². The normalized spacial score (nSPS) is 10.2. The Morgan fingerprint density at radius 1 is 1.71 bits per heavy atom. The Hall–Kier alpha value is -0.610. The molecule has 1 aromatic rings. The van der Waals surface area contributed by atoms with Gasteiger partial charge in [0.2, 0.25) is 5.22 Å². The van der Waals surface area contributed by atoms with E-state index in [1.807, 2.05) is 6.26 Å². The highest BCUT2D eigenvalue weighted by molar-refractivity contribution is 7.98. The van der Waals surface area contributed by atoms with Crippen molar-refractivity contribution in [2.24, 2.45) is 0 Å². The van der Waals surface area contributed by atoms with Gasteiger partial charge in [0, 0.05) is 19.3 Å². The highest BCUT2D eigenvalue weighted by Gasteiger charge is 2.16. The van der Waals surface area contributed by atoms with E-state index < -0.39 is 0 Å². The molecule has 3 nitrogen and oxygen atoms in total. The van der Waals surface area contributed by atoms with Crippen LogP contribution in [-0.2, 0) is 0 Å². The summed E-state index contributed by atoms with van der Waals surface area (Å²) in [4.78, 5) is 13.3. The zero-order valence-corrected chi connectivity index (χ0v) is 9.69. The van der Waals surface area contributed by atoms with Gasteiger partial charge in [0.1, 0.15) is 0 Å². The van der Waals surface area contributed by atoms with Crippen LogP contribution in [0.4, 0.5) is 0 Å². The molecular weight excluding hydrogens is 222 g/mol. The van der Waals surface area contributed by atoms with Gasteiger partial charge in [0.15, 0.2) is 0 Å². The largest absolute Gasteiger partial charge is 0.452 e. The van der Waals surface area contributed by atoms with Crippen LogP contribution in [0.15, 0.2) is 16.7 Å². The first-order valence-electron chi connectivity index (χ1n) is 4.14. The molecular formula is C9H12ClNO2S. The van der Waals surface area contributed by atoms with Crippen LogP contribution in [0.5, 0.6) is 0 Å². The highest BCUT2D eigenvalue weighted by Crippen LogP contribution is 2.18. The zero-order valence-electron chi connectivity index (χ0n) is 8.12. The van der Waals surface area contributed by atoms with Crippen LogP contribution in [0.2, 0.25) is 5.22 Å². The van der Waals surface area contributed by atoms with E-state index in [9.17, 15) is 4.79 Å². The van der Waals surface area contributed by atoms with Crippen molar-refractivity contribution in [3.8, 4) is 0 Å². The second-order valence-electron chi connectivity index (χ2n) is 2.83. The summed E-state index contributed by atoms with van der Waals surface area (Å²) in [5.41, 5.74) is 0.426. The molecule has 0 unspecified atom stereocenters. The Morgan fingerprint density at radius 3 is 2.93 bits per heavy atom. The van der Waals surface area contributed by atoms with Gasteiger partial charge in [-0.2, -0.15) is 11.8 Å². The van der Waals surface area contributed by atoms with Gasteiger partial charge >= 0.3 is 0 Å². The molecule has 1 aromatic heterocycles. The molecule has 0 saturated heterocycles. The van der Waals surface area contributed by atoms with Gasteiger partial charge in [-0.25, -0.2) is 0 Å². The second-order valence-corrected chi connectivity index (χ2v) is 4.16. The van der Waals surface area contributed by atoms with Crippen molar-refractivity contribution in [1.29, 1.82) is 0 Å². The first-order chi connectivity index (χ1) is 6.66. The third-order valence-corrected chi connectivity index (χ3v) is 2.71. The molecule has 1 rings (SSSR count). The summed E-state index contributed by atoms with van der Waals surface area (Å²) in [5.74, 6) is 0.815. The zero-order chi connectivity index (χ0) is 10.6. The Labute approximate surface area is 92.4 Å². The number of halogens is 1. The maximum Gasteiger partial charge on any atom is 0.258 e. The average Bonchev–Trinajstić information content (AvgIpc) is 2.59. The van der Waals surface area contributed by atoms with Gasteiger partial charge in [-0.3, -0.25) is 4.79 Å². The number of hydrogen-bond donors (Lipinski definition) is 0. The maximum absolute atomic E-state index is 11.7. The summed E-state index contributed by atoms with van der Waals surface area (Å²) in [7, 11) is 1.75. The molecule has 0 spiro atoms. The van der Waals surface area contributed by atoms with Crippen molar-refractivity contribution in [3.05, 3.63) is 23.1 Å². The lowest BCUT2D eigenvalue weighted by atomic mass is 10.3. The lowest BCUT2D eigenvalue weighted by molar-refractivity contribution is 0.0803. The van der Waals surface area contributed by atoms with Gasteiger partial charge < -0.3 is 9.32 Å². The lowest BCUT2D eigenvalue weighted by Crippen LogP contribution is -2.28. The van der Waals surface area contributed by atoms with E-state index in [4.69, 9.17) is 16.0 Å². The van der Waals surface area contributed by atoms with Crippen LogP contribution in [0.25, 0.3) is 0 Å². The van der Waals surface area contributed by atoms with Crippen LogP contribution in [0.1, 0.15) is 10.4 Å². The number of hydrogen-bond acceptors (Lipinski definition) is 3. The van der Waals surface area contributed by atoms with Gasteiger partial charge in [0.05, 0.1) is 11.8 Å². The van der Waals surface area contributed by atoms with Crippen molar-refractivity contribution in [2.75, 3.05) is 25.6 Å². The Bertz CT molecular complexity index is 314. The van der Waals surface area contributed by atoms with E-state index in [-0.39, 0.29) is 11.1 Å². The fourth-order valence-electron chi connectivity index (χ4n) is 0.982. The van der Waals surface area contributed by atoms with E-state index in [0.29, 0.717) is 12.1 Å². The fourth-order valence-corrected chi connectivity index (χ4v) is 1.63. The van der Waals surface area contributed by atoms with Gasteiger partial charge in [-0.05, 0) is 23.9 Å². The maximum atomic E-state index is 11.7. The van der Waals surface area contributed by atoms with Crippen LogP contribution in [0, 0.1) is 0 Å². The van der Waals surface area contributed by atoms with Crippen LogP contribution in [-0.4, -0.2) is 36.4 Å². The Balaban J connectivity index is 2.61. The molecule has 0 aliphatic rings. The number of amides is 1. The average molecular weight is 234 g/mol. The Morgan fingerprint density at radius 2 is 2.43 bits per heavy atom. The molecule has 0 N–H and O–H groups in total. The monoisotopic (exact) mass is 233 g/mol. The highest BCUT2D eigenvalue weighted by atomic mass is 35.5. The Kier molecular flexibility index (Phi) is 4.35. The van der Waals surface area contributed by atoms with Crippen molar-refractivity contribution >= 4 is 29.3 Å². The smallest absolute Gasteiger partial charge is 0.258 e. The number of thioether (sulfide) groups is 1. The minimum absolute atomic E-state index is 0.0993. The van der Waals surface area contributed by atoms with Crippen molar-refractivity contribution in [1.82, 2.24) is 4.90 Å². The summed E-state index contributed by atoms with van der Waals surface area (Å²) >= 11 is 7.39. The number of nitrogens with zero attached hydrogens (tertiary/aromatic N) is 1. The van der Waals surface area contributed by atoms with Crippen LogP contribution in [0.3, 0.4) is 0 Å². The summed E-state index contributed by atoms with van der Waals surface area (Å²) in [6.07, 6.45) is 3.42. The quantitative estimate of drug-likeness (QED) is 0.801. The summed E-state index contributed by atoms with van der Waals surface area (Å²) in [5, 5.41) is 0.158. The third-order valence-electron chi connectivity index (χ3n) is 1.83. The van der Waals surface area contributed by atoms with Gasteiger partial charge in [0.25, 0.3) is 5.91 Å². The van der Waals surface area contributed by atoms with E-state index in [1.165, 1.54) is 6.26 Å². The molecule has 78 valence electrons. The molecule has 0 saturated carbocycles. The molecule has 1 heterocycles. The molecule has 0 aliphatic heterocycles. The molecule has 0 bridgehead atoms. The molecule has 0 fully saturated rings. The summed E-state index contributed by atoms with van der Waals surface area (Å²) < 4.78 is 4.85. The molecule has 0 radical (unpaired) electrons. The first kappa shape index (κ1) is 11.5. The van der Waals surface area contributed by atoms with Gasteiger partial charge in [-0.1, -0.05) is 0 Å². The van der Waals surface area contributed by atoms with Crippen molar-refractivity contribution in [3.63, 3.8) is 0 Å². The third kappa shape index (κ3) is 2.69. The predicted octanol–water partition coefficient (Wildman–Crippen LogP) is 2.37. The molecule has 1 amide bonds. The fraction of sp³-hybridized carbons (Fsp3) is 0.444. The minimum Gasteiger partial charge on any atom is -0.452 e. The second kappa shape index (κ2) is 5.32. The van der Waals surface area contributed by atoms with Crippen LogP contribution < -0.4 is 0 Å². The van der Waals surface area contributed by atoms with E-state index in [0.717, 1.165) is 5.75 Å². The first-order valence-corrected chi connectivity index (χ1v) is 5.91. The number of carbonyl (C=O) groups is 1. The lowest BCUT2D eigenvalue weighted by Gasteiger charge is -2.15. The SMILES string of the molecule is CSCCN(C)C(=O)c1ccoc1Cl. The predicted molar refractivity (Wildman–Crippen MR) is 59.1 cm³/mol. The van der Waals surface area contributed by atoms with Crippen LogP contribution >= 0.6 is 23.4 Å². The minimum atomic E-state index is -0.0993.